The Kier molecular flexibility index (Phi) is 5.79. The van der Waals surface area contributed by atoms with Crippen LogP contribution in [0.4, 0.5) is 15.8 Å². The van der Waals surface area contributed by atoms with Crippen LogP contribution < -0.4 is 10.2 Å². The smallest absolute Gasteiger partial charge is 0.241 e. The van der Waals surface area contributed by atoms with E-state index in [1.165, 1.54) is 11.6 Å². The van der Waals surface area contributed by atoms with Gasteiger partial charge in [0.2, 0.25) is 5.91 Å². The molecule has 0 aromatic heterocycles. The van der Waals surface area contributed by atoms with Gasteiger partial charge in [-0.15, -0.1) is 0 Å². The van der Waals surface area contributed by atoms with Crippen LogP contribution in [0.5, 0.6) is 0 Å². The molecule has 0 radical (unpaired) electrons. The van der Waals surface area contributed by atoms with Crippen LogP contribution in [0.3, 0.4) is 0 Å². The molecule has 1 N–H and O–H groups in total. The lowest BCUT2D eigenvalue weighted by atomic mass is 10.1. The van der Waals surface area contributed by atoms with Crippen LogP contribution in [0.1, 0.15) is 12.5 Å². The summed E-state index contributed by atoms with van der Waals surface area (Å²) >= 11 is 6.13. The average Bonchev–Trinajstić information content (AvgIpc) is 2.65. The molecule has 1 aliphatic rings. The van der Waals surface area contributed by atoms with E-state index < -0.39 is 5.82 Å². The lowest BCUT2D eigenvalue weighted by molar-refractivity contribution is -0.120. The number of rotatable bonds is 4. The van der Waals surface area contributed by atoms with Crippen LogP contribution in [-0.2, 0) is 4.79 Å². The molecule has 0 bridgehead atoms. The lowest BCUT2D eigenvalue weighted by Crippen LogP contribution is -2.53. The van der Waals surface area contributed by atoms with Crippen molar-refractivity contribution in [1.29, 1.82) is 0 Å². The van der Waals surface area contributed by atoms with Crippen molar-refractivity contribution in [3.05, 3.63) is 58.9 Å². The van der Waals surface area contributed by atoms with E-state index in [1.807, 2.05) is 25.1 Å². The minimum absolute atomic E-state index is 0.192. The van der Waals surface area contributed by atoms with Gasteiger partial charge in [0.05, 0.1) is 11.7 Å². The third kappa shape index (κ3) is 4.17. The van der Waals surface area contributed by atoms with Crippen LogP contribution in [0, 0.1) is 12.7 Å². The zero-order valence-electron chi connectivity index (χ0n) is 15.0. The van der Waals surface area contributed by atoms with Crippen molar-refractivity contribution in [3.63, 3.8) is 0 Å². The van der Waals surface area contributed by atoms with Gasteiger partial charge < -0.3 is 10.2 Å². The average molecular weight is 376 g/mol. The molecule has 2 aromatic carbocycles. The van der Waals surface area contributed by atoms with Crippen LogP contribution in [0.2, 0.25) is 5.02 Å². The van der Waals surface area contributed by atoms with Crippen molar-refractivity contribution in [2.45, 2.75) is 19.9 Å². The molecule has 138 valence electrons. The summed E-state index contributed by atoms with van der Waals surface area (Å²) in [6.45, 7) is 7.09. The van der Waals surface area contributed by atoms with Crippen LogP contribution in [0.15, 0.2) is 42.5 Å². The van der Waals surface area contributed by atoms with Gasteiger partial charge in [-0.2, -0.15) is 0 Å². The van der Waals surface area contributed by atoms with Crippen molar-refractivity contribution < 1.29 is 9.18 Å². The van der Waals surface area contributed by atoms with E-state index in [-0.39, 0.29) is 17.6 Å². The largest absolute Gasteiger partial charge is 0.369 e. The molecular weight excluding hydrogens is 353 g/mol. The summed E-state index contributed by atoms with van der Waals surface area (Å²) in [5.74, 6) is -0.614. The first-order valence-electron chi connectivity index (χ1n) is 8.76. The molecule has 0 saturated carbocycles. The summed E-state index contributed by atoms with van der Waals surface area (Å²) in [5, 5.41) is 3.41. The summed E-state index contributed by atoms with van der Waals surface area (Å²) in [6, 6.07) is 11.8. The van der Waals surface area contributed by atoms with Crippen molar-refractivity contribution in [3.8, 4) is 0 Å². The Bertz CT molecular complexity index is 790. The molecule has 1 atom stereocenters. The van der Waals surface area contributed by atoms with Crippen molar-refractivity contribution in [1.82, 2.24) is 4.90 Å². The van der Waals surface area contributed by atoms with Crippen LogP contribution >= 0.6 is 11.6 Å². The van der Waals surface area contributed by atoms with E-state index in [9.17, 15) is 9.18 Å². The monoisotopic (exact) mass is 375 g/mol. The maximum Gasteiger partial charge on any atom is 0.241 e. The Labute approximate surface area is 158 Å². The molecule has 1 aliphatic heterocycles. The number of carbonyl (C=O) groups excluding carboxylic acids is 1. The molecular formula is C20H23ClFN3O. The molecule has 0 spiro atoms. The van der Waals surface area contributed by atoms with Gasteiger partial charge in [0.1, 0.15) is 5.82 Å². The van der Waals surface area contributed by atoms with Gasteiger partial charge >= 0.3 is 0 Å². The quantitative estimate of drug-likeness (QED) is 0.879. The van der Waals surface area contributed by atoms with Gasteiger partial charge in [0.25, 0.3) is 0 Å². The van der Waals surface area contributed by atoms with E-state index in [0.29, 0.717) is 0 Å². The first-order valence-corrected chi connectivity index (χ1v) is 9.14. The number of halogens is 2. The number of hydrogen-bond acceptors (Lipinski definition) is 3. The van der Waals surface area contributed by atoms with E-state index >= 15 is 0 Å². The third-order valence-electron chi connectivity index (χ3n) is 4.89. The fraction of sp³-hybridized carbons (Fsp3) is 0.350. The molecule has 1 heterocycles. The summed E-state index contributed by atoms with van der Waals surface area (Å²) < 4.78 is 13.7. The predicted octanol–water partition coefficient (Wildman–Crippen LogP) is 3.94. The standard InChI is InChI=1S/C20H23ClFN3O/c1-14-7-8-16(21)13-19(14)25-11-9-24(10-12-25)15(2)20(26)23-18-6-4-3-5-17(18)22/h3-8,13,15H,9-12H2,1-2H3,(H,23,26)/t15-/m1/s1. The number of aryl methyl sites for hydroxylation is 1. The number of carbonyl (C=O) groups is 1. The molecule has 26 heavy (non-hydrogen) atoms. The van der Waals surface area contributed by atoms with Crippen molar-refractivity contribution in [2.75, 3.05) is 36.4 Å². The van der Waals surface area contributed by atoms with Crippen molar-refractivity contribution in [2.24, 2.45) is 0 Å². The highest BCUT2D eigenvalue weighted by Crippen LogP contribution is 2.25. The fourth-order valence-electron chi connectivity index (χ4n) is 3.24. The van der Waals surface area contributed by atoms with Gasteiger partial charge in [0, 0.05) is 36.9 Å². The molecule has 3 rings (SSSR count). The van der Waals surface area contributed by atoms with Gasteiger partial charge in [0.15, 0.2) is 0 Å². The Morgan fingerprint density at radius 2 is 1.85 bits per heavy atom. The van der Waals surface area contributed by atoms with Crippen molar-refractivity contribution >= 4 is 28.9 Å². The van der Waals surface area contributed by atoms with Gasteiger partial charge in [-0.25, -0.2) is 4.39 Å². The Morgan fingerprint density at radius 3 is 2.54 bits per heavy atom. The summed E-state index contributed by atoms with van der Waals surface area (Å²) in [5.41, 5.74) is 2.55. The maximum atomic E-state index is 13.7. The highest BCUT2D eigenvalue weighted by atomic mass is 35.5. The molecule has 0 aliphatic carbocycles. The number of nitrogens with one attached hydrogen (secondary N) is 1. The first-order chi connectivity index (χ1) is 12.5. The lowest BCUT2D eigenvalue weighted by Gasteiger charge is -2.39. The zero-order valence-corrected chi connectivity index (χ0v) is 15.8. The van der Waals surface area contributed by atoms with E-state index in [4.69, 9.17) is 11.6 Å². The summed E-state index contributed by atoms with van der Waals surface area (Å²) in [6.07, 6.45) is 0. The first kappa shape index (κ1) is 18.7. The molecule has 0 unspecified atom stereocenters. The second kappa shape index (κ2) is 8.06. The third-order valence-corrected chi connectivity index (χ3v) is 5.12. The zero-order chi connectivity index (χ0) is 18.7. The topological polar surface area (TPSA) is 35.6 Å². The molecule has 4 nitrogen and oxygen atoms in total. The van der Waals surface area contributed by atoms with Crippen LogP contribution in [0.25, 0.3) is 0 Å². The Balaban J connectivity index is 1.59. The second-order valence-corrected chi connectivity index (χ2v) is 7.04. The number of para-hydroxylation sites is 1. The highest BCUT2D eigenvalue weighted by molar-refractivity contribution is 6.30. The molecule has 6 heteroatoms. The number of amides is 1. The van der Waals surface area contributed by atoms with Gasteiger partial charge in [-0.1, -0.05) is 29.8 Å². The molecule has 2 aromatic rings. The maximum absolute atomic E-state index is 13.7. The second-order valence-electron chi connectivity index (χ2n) is 6.60. The molecule has 1 saturated heterocycles. The number of hydrogen-bond donors (Lipinski definition) is 1. The molecule has 1 fully saturated rings. The normalized spacial score (nSPS) is 16.4. The van der Waals surface area contributed by atoms with Gasteiger partial charge in [-0.05, 0) is 43.7 Å². The fourth-order valence-corrected chi connectivity index (χ4v) is 3.41. The summed E-state index contributed by atoms with van der Waals surface area (Å²) in [4.78, 5) is 16.9. The Morgan fingerprint density at radius 1 is 1.15 bits per heavy atom. The molecule has 1 amide bonds. The number of nitrogens with zero attached hydrogens (tertiary/aromatic N) is 2. The minimum atomic E-state index is -0.422. The van der Waals surface area contributed by atoms with E-state index in [0.717, 1.165) is 36.9 Å². The Hall–Kier alpha value is -2.11. The number of benzene rings is 2. The van der Waals surface area contributed by atoms with Gasteiger partial charge in [-0.3, -0.25) is 9.69 Å². The van der Waals surface area contributed by atoms with Crippen LogP contribution in [-0.4, -0.2) is 43.0 Å². The minimum Gasteiger partial charge on any atom is -0.369 e. The van der Waals surface area contributed by atoms with E-state index in [2.05, 4.69) is 22.0 Å². The predicted molar refractivity (Wildman–Crippen MR) is 104 cm³/mol. The number of piperazine rings is 1. The number of anilines is 2. The SMILES string of the molecule is Cc1ccc(Cl)cc1N1CCN([C@H](C)C(=O)Nc2ccccc2F)CC1. The highest BCUT2D eigenvalue weighted by Gasteiger charge is 2.26. The van der Waals surface area contributed by atoms with E-state index in [1.54, 1.807) is 18.2 Å². The summed E-state index contributed by atoms with van der Waals surface area (Å²) in [7, 11) is 0.